The molecule has 0 fully saturated rings. The molecule has 0 aliphatic carbocycles. The monoisotopic (exact) mass is 425 g/mol. The van der Waals surface area contributed by atoms with Crippen molar-refractivity contribution in [2.75, 3.05) is 23.9 Å². The molecular weight excluding hydrogens is 409 g/mol. The lowest BCUT2D eigenvalue weighted by atomic mass is 10.2. The standard InChI is InChI=1S/C18H17Cl2N3O3S/c1-11(24)23(2)14-6-4-13(5-7-14)21-18(27)22-17(25)10-26-16-8-3-12(19)9-15(16)20/h3-9H,10H2,1-2H3,(H2,21,22,25,27). The van der Waals surface area contributed by atoms with Gasteiger partial charge >= 0.3 is 0 Å². The first-order chi connectivity index (χ1) is 12.8. The van der Waals surface area contributed by atoms with Gasteiger partial charge in [0.1, 0.15) is 5.75 Å². The Labute approximate surface area is 172 Å². The quantitative estimate of drug-likeness (QED) is 0.711. The van der Waals surface area contributed by atoms with Crippen LogP contribution in [0.3, 0.4) is 0 Å². The molecule has 0 heterocycles. The molecule has 0 bridgehead atoms. The van der Waals surface area contributed by atoms with Crippen molar-refractivity contribution in [2.45, 2.75) is 6.92 Å². The predicted octanol–water partition coefficient (Wildman–Crippen LogP) is 3.87. The third-order valence-electron chi connectivity index (χ3n) is 3.49. The van der Waals surface area contributed by atoms with Crippen LogP contribution < -0.4 is 20.3 Å². The summed E-state index contributed by atoms with van der Waals surface area (Å²) in [6.45, 7) is 1.22. The van der Waals surface area contributed by atoms with Gasteiger partial charge in [-0.3, -0.25) is 14.9 Å². The van der Waals surface area contributed by atoms with Gasteiger partial charge in [-0.15, -0.1) is 0 Å². The number of rotatable bonds is 5. The number of hydrogen-bond acceptors (Lipinski definition) is 4. The molecule has 2 aromatic carbocycles. The number of carbonyl (C=O) groups excluding carboxylic acids is 2. The van der Waals surface area contributed by atoms with Gasteiger partial charge in [-0.05, 0) is 54.7 Å². The van der Waals surface area contributed by atoms with Crippen LogP contribution in [-0.2, 0) is 9.59 Å². The van der Waals surface area contributed by atoms with E-state index in [-0.39, 0.29) is 17.6 Å². The molecule has 9 heteroatoms. The highest BCUT2D eigenvalue weighted by Crippen LogP contribution is 2.27. The molecule has 0 saturated heterocycles. The van der Waals surface area contributed by atoms with Gasteiger partial charge in [-0.2, -0.15) is 0 Å². The molecule has 0 unspecified atom stereocenters. The van der Waals surface area contributed by atoms with Crippen molar-refractivity contribution in [1.29, 1.82) is 0 Å². The van der Waals surface area contributed by atoms with Crippen LogP contribution in [0, 0.1) is 0 Å². The number of thiocarbonyl (C=S) groups is 1. The van der Waals surface area contributed by atoms with E-state index in [1.165, 1.54) is 17.9 Å². The van der Waals surface area contributed by atoms with Gasteiger partial charge in [0.05, 0.1) is 5.02 Å². The molecule has 2 N–H and O–H groups in total. The third kappa shape index (κ3) is 6.39. The fraction of sp³-hybridized carbons (Fsp3) is 0.167. The highest BCUT2D eigenvalue weighted by Gasteiger charge is 2.09. The second-order valence-corrected chi connectivity index (χ2v) is 6.74. The molecule has 142 valence electrons. The second-order valence-electron chi connectivity index (χ2n) is 5.49. The smallest absolute Gasteiger partial charge is 0.264 e. The van der Waals surface area contributed by atoms with Crippen LogP contribution in [0.1, 0.15) is 6.92 Å². The highest BCUT2D eigenvalue weighted by molar-refractivity contribution is 7.80. The Morgan fingerprint density at radius 3 is 2.41 bits per heavy atom. The van der Waals surface area contributed by atoms with Crippen LogP contribution in [0.5, 0.6) is 5.75 Å². The van der Waals surface area contributed by atoms with E-state index in [1.54, 1.807) is 43.4 Å². The maximum Gasteiger partial charge on any atom is 0.264 e. The number of nitrogens with zero attached hydrogens (tertiary/aromatic N) is 1. The van der Waals surface area contributed by atoms with Crippen molar-refractivity contribution in [1.82, 2.24) is 5.32 Å². The van der Waals surface area contributed by atoms with Crippen LogP contribution in [0.2, 0.25) is 10.0 Å². The fourth-order valence-electron chi connectivity index (χ4n) is 2.01. The molecule has 0 saturated carbocycles. The zero-order valence-corrected chi connectivity index (χ0v) is 16.9. The number of nitrogens with one attached hydrogen (secondary N) is 2. The predicted molar refractivity (Wildman–Crippen MR) is 112 cm³/mol. The first kappa shape index (κ1) is 21.0. The minimum Gasteiger partial charge on any atom is -0.482 e. The highest BCUT2D eigenvalue weighted by atomic mass is 35.5. The van der Waals surface area contributed by atoms with Crippen molar-refractivity contribution < 1.29 is 14.3 Å². The summed E-state index contributed by atoms with van der Waals surface area (Å²) in [5.41, 5.74) is 1.42. The lowest BCUT2D eigenvalue weighted by Crippen LogP contribution is -2.37. The summed E-state index contributed by atoms with van der Waals surface area (Å²) < 4.78 is 5.34. The van der Waals surface area contributed by atoms with Crippen LogP contribution in [0.15, 0.2) is 42.5 Å². The van der Waals surface area contributed by atoms with Crippen molar-refractivity contribution in [3.8, 4) is 5.75 Å². The Morgan fingerprint density at radius 1 is 1.15 bits per heavy atom. The molecule has 2 rings (SSSR count). The Hall–Kier alpha value is -2.35. The molecule has 0 aliphatic rings. The Kier molecular flexibility index (Phi) is 7.41. The van der Waals surface area contributed by atoms with Gasteiger partial charge in [-0.1, -0.05) is 23.2 Å². The van der Waals surface area contributed by atoms with E-state index in [0.29, 0.717) is 21.5 Å². The first-order valence-electron chi connectivity index (χ1n) is 7.79. The number of hydrogen-bond donors (Lipinski definition) is 2. The zero-order valence-electron chi connectivity index (χ0n) is 14.6. The molecule has 2 amide bonds. The van der Waals surface area contributed by atoms with E-state index in [9.17, 15) is 9.59 Å². The molecule has 0 aromatic heterocycles. The van der Waals surface area contributed by atoms with Crippen LogP contribution in [0.4, 0.5) is 11.4 Å². The number of carbonyl (C=O) groups is 2. The number of anilines is 2. The lowest BCUT2D eigenvalue weighted by molar-refractivity contribution is -0.121. The normalized spacial score (nSPS) is 10.1. The van der Waals surface area contributed by atoms with Crippen molar-refractivity contribution in [2.24, 2.45) is 0 Å². The van der Waals surface area contributed by atoms with E-state index in [4.69, 9.17) is 40.2 Å². The number of ether oxygens (including phenoxy) is 1. The molecule has 0 radical (unpaired) electrons. The summed E-state index contributed by atoms with van der Waals surface area (Å²) in [7, 11) is 1.68. The van der Waals surface area contributed by atoms with Crippen LogP contribution in [0.25, 0.3) is 0 Å². The molecule has 0 spiro atoms. The molecule has 27 heavy (non-hydrogen) atoms. The lowest BCUT2D eigenvalue weighted by Gasteiger charge is -2.16. The first-order valence-corrected chi connectivity index (χ1v) is 8.95. The Bertz CT molecular complexity index is 859. The van der Waals surface area contributed by atoms with Gasteiger partial charge in [-0.25, -0.2) is 0 Å². The second kappa shape index (κ2) is 9.55. The Morgan fingerprint density at radius 2 is 1.81 bits per heavy atom. The largest absolute Gasteiger partial charge is 0.482 e. The van der Waals surface area contributed by atoms with Crippen molar-refractivity contribution in [3.63, 3.8) is 0 Å². The van der Waals surface area contributed by atoms with Crippen molar-refractivity contribution >= 4 is 63.7 Å². The van der Waals surface area contributed by atoms with Crippen molar-refractivity contribution in [3.05, 3.63) is 52.5 Å². The molecule has 0 aliphatic heterocycles. The van der Waals surface area contributed by atoms with Gasteiger partial charge in [0.25, 0.3) is 5.91 Å². The maximum atomic E-state index is 11.9. The summed E-state index contributed by atoms with van der Waals surface area (Å²) in [4.78, 5) is 24.8. The van der Waals surface area contributed by atoms with Gasteiger partial charge in [0.2, 0.25) is 5.91 Å². The number of amides is 2. The molecule has 6 nitrogen and oxygen atoms in total. The van der Waals surface area contributed by atoms with E-state index < -0.39 is 5.91 Å². The summed E-state index contributed by atoms with van der Waals surface area (Å²) in [5, 5.41) is 6.30. The Balaban J connectivity index is 1.84. The zero-order chi connectivity index (χ0) is 20.0. The summed E-state index contributed by atoms with van der Waals surface area (Å²) >= 11 is 16.9. The summed E-state index contributed by atoms with van der Waals surface area (Å²) in [5.74, 6) is -0.161. The molecular formula is C18H17Cl2N3O3S. The summed E-state index contributed by atoms with van der Waals surface area (Å²) in [6.07, 6.45) is 0. The SMILES string of the molecule is CC(=O)N(C)c1ccc(NC(=S)NC(=O)COc2ccc(Cl)cc2Cl)cc1. The number of benzene rings is 2. The average molecular weight is 426 g/mol. The molecule has 0 atom stereocenters. The van der Waals surface area contributed by atoms with Crippen LogP contribution >= 0.6 is 35.4 Å². The maximum absolute atomic E-state index is 11.9. The average Bonchev–Trinajstić information content (AvgIpc) is 2.60. The van der Waals surface area contributed by atoms with E-state index in [0.717, 1.165) is 5.69 Å². The summed E-state index contributed by atoms with van der Waals surface area (Å²) in [6, 6.07) is 11.7. The topological polar surface area (TPSA) is 70.7 Å². The van der Waals surface area contributed by atoms with E-state index >= 15 is 0 Å². The minimum absolute atomic E-state index is 0.0701. The number of halogens is 2. The van der Waals surface area contributed by atoms with Crippen LogP contribution in [-0.4, -0.2) is 30.6 Å². The van der Waals surface area contributed by atoms with Gasteiger partial charge in [0.15, 0.2) is 11.7 Å². The van der Waals surface area contributed by atoms with Gasteiger partial charge in [0, 0.05) is 30.4 Å². The minimum atomic E-state index is -0.438. The van der Waals surface area contributed by atoms with Gasteiger partial charge < -0.3 is 15.0 Å². The molecule has 2 aromatic rings. The van der Waals surface area contributed by atoms with E-state index in [1.807, 2.05) is 0 Å². The fourth-order valence-corrected chi connectivity index (χ4v) is 2.71. The van der Waals surface area contributed by atoms with E-state index in [2.05, 4.69) is 10.6 Å². The third-order valence-corrected chi connectivity index (χ3v) is 4.23.